The van der Waals surface area contributed by atoms with Crippen molar-refractivity contribution in [3.05, 3.63) is 18.7 Å². The molecule has 56 valence electrons. The lowest BCUT2D eigenvalue weighted by Gasteiger charge is -2.02. The molecule has 0 spiro atoms. The molecular formula is C6H11N2O2+. The van der Waals surface area contributed by atoms with E-state index in [0.29, 0.717) is 6.42 Å². The van der Waals surface area contributed by atoms with Crippen LogP contribution in [0.4, 0.5) is 0 Å². The summed E-state index contributed by atoms with van der Waals surface area (Å²) in [6, 6.07) is 0. The van der Waals surface area contributed by atoms with Crippen molar-refractivity contribution < 1.29 is 14.8 Å². The monoisotopic (exact) mass is 143 g/mol. The molecule has 1 atom stereocenters. The second-order valence-electron chi connectivity index (χ2n) is 2.05. The zero-order valence-electron chi connectivity index (χ0n) is 5.57. The summed E-state index contributed by atoms with van der Waals surface area (Å²) in [5.74, 6) is 0. The van der Waals surface area contributed by atoms with Gasteiger partial charge in [-0.05, 0) is 0 Å². The Morgan fingerprint density at radius 1 is 1.60 bits per heavy atom. The van der Waals surface area contributed by atoms with Crippen LogP contribution in [0.2, 0.25) is 0 Å². The van der Waals surface area contributed by atoms with Crippen molar-refractivity contribution in [2.45, 2.75) is 12.6 Å². The quantitative estimate of drug-likeness (QED) is 0.484. The summed E-state index contributed by atoms with van der Waals surface area (Å²) in [5, 5.41) is 17.6. The van der Waals surface area contributed by atoms with Gasteiger partial charge in [-0.1, -0.05) is 0 Å². The molecule has 0 bridgehead atoms. The number of nitrogens with one attached hydrogen (secondary N) is 1. The highest BCUT2D eigenvalue weighted by Gasteiger charge is 2.08. The van der Waals surface area contributed by atoms with Crippen LogP contribution < -0.4 is 4.57 Å². The number of aliphatic hydroxyl groups excluding tert-OH is 2. The number of aromatic nitrogens is 2. The fraction of sp³-hybridized carbons (Fsp3) is 0.500. The van der Waals surface area contributed by atoms with Crippen molar-refractivity contribution in [2.75, 3.05) is 6.61 Å². The maximum absolute atomic E-state index is 9.19. The Hall–Kier alpha value is -0.870. The molecule has 1 rings (SSSR count). The maximum atomic E-state index is 9.19. The average molecular weight is 143 g/mol. The largest absolute Gasteiger partial charge is 0.396 e. The van der Waals surface area contributed by atoms with E-state index in [1.165, 1.54) is 0 Å². The molecule has 4 nitrogen and oxygen atoms in total. The van der Waals surface area contributed by atoms with Gasteiger partial charge in [-0.3, -0.25) is 4.98 Å². The topological polar surface area (TPSA) is 60.1 Å². The van der Waals surface area contributed by atoms with E-state index < -0.39 is 6.23 Å². The van der Waals surface area contributed by atoms with E-state index >= 15 is 0 Å². The zero-order chi connectivity index (χ0) is 7.40. The predicted octanol–water partition coefficient (Wildman–Crippen LogP) is -0.825. The number of aromatic amines is 1. The molecule has 1 heterocycles. The van der Waals surface area contributed by atoms with Crippen LogP contribution in [0.3, 0.4) is 0 Å². The van der Waals surface area contributed by atoms with Crippen LogP contribution in [0, 0.1) is 0 Å². The molecule has 0 saturated carbocycles. The third kappa shape index (κ3) is 1.55. The second kappa shape index (κ2) is 3.34. The van der Waals surface area contributed by atoms with Gasteiger partial charge in [-0.25, -0.2) is 4.57 Å². The van der Waals surface area contributed by atoms with Crippen LogP contribution in [-0.4, -0.2) is 21.8 Å². The Balaban J connectivity index is 2.50. The molecule has 10 heavy (non-hydrogen) atoms. The van der Waals surface area contributed by atoms with Gasteiger partial charge in [0, 0.05) is 13.0 Å². The van der Waals surface area contributed by atoms with Gasteiger partial charge in [0.2, 0.25) is 12.6 Å². The molecule has 0 fully saturated rings. The third-order valence-corrected chi connectivity index (χ3v) is 1.30. The molecule has 0 aliphatic carbocycles. The lowest BCUT2D eigenvalue weighted by atomic mass is 10.4. The third-order valence-electron chi connectivity index (χ3n) is 1.30. The lowest BCUT2D eigenvalue weighted by molar-refractivity contribution is -0.759. The molecule has 1 aromatic rings. The van der Waals surface area contributed by atoms with Crippen molar-refractivity contribution in [1.82, 2.24) is 4.98 Å². The first kappa shape index (κ1) is 7.24. The molecule has 0 amide bonds. The van der Waals surface area contributed by atoms with E-state index in [-0.39, 0.29) is 6.61 Å². The minimum absolute atomic E-state index is 0.000648. The first-order chi connectivity index (χ1) is 4.84. The molecule has 1 unspecified atom stereocenters. The van der Waals surface area contributed by atoms with Crippen LogP contribution in [0.25, 0.3) is 0 Å². The molecule has 0 radical (unpaired) electrons. The summed E-state index contributed by atoms with van der Waals surface area (Å²) in [6.07, 6.45) is 4.81. The van der Waals surface area contributed by atoms with E-state index in [9.17, 15) is 5.11 Å². The molecule has 3 N–H and O–H groups in total. The summed E-state index contributed by atoms with van der Waals surface area (Å²) in [4.78, 5) is 2.79. The van der Waals surface area contributed by atoms with Gasteiger partial charge < -0.3 is 10.2 Å². The van der Waals surface area contributed by atoms with Gasteiger partial charge in [0.15, 0.2) is 0 Å². The normalized spacial score (nSPS) is 13.4. The van der Waals surface area contributed by atoms with Gasteiger partial charge in [-0.2, -0.15) is 0 Å². The van der Waals surface area contributed by atoms with E-state index in [1.54, 1.807) is 23.3 Å². The smallest absolute Gasteiger partial charge is 0.243 e. The van der Waals surface area contributed by atoms with Crippen molar-refractivity contribution in [1.29, 1.82) is 0 Å². The van der Waals surface area contributed by atoms with Crippen LogP contribution in [0.15, 0.2) is 18.7 Å². The Morgan fingerprint density at radius 3 is 2.90 bits per heavy atom. The fourth-order valence-corrected chi connectivity index (χ4v) is 0.751. The van der Waals surface area contributed by atoms with E-state index in [2.05, 4.69) is 4.98 Å². The van der Waals surface area contributed by atoms with E-state index in [4.69, 9.17) is 5.11 Å². The first-order valence-electron chi connectivity index (χ1n) is 3.17. The second-order valence-corrected chi connectivity index (χ2v) is 2.05. The van der Waals surface area contributed by atoms with Crippen LogP contribution in [-0.2, 0) is 0 Å². The van der Waals surface area contributed by atoms with E-state index in [0.717, 1.165) is 0 Å². The Kier molecular flexibility index (Phi) is 2.42. The highest BCUT2D eigenvalue weighted by Crippen LogP contribution is 1.93. The Morgan fingerprint density at radius 2 is 2.40 bits per heavy atom. The standard InChI is InChI=1S/C6H10N2O2/c9-4-1-6(10)8-3-2-7-5-8/h2-3,5-6,9-10H,1,4H2/p+1. The minimum atomic E-state index is -0.615. The Labute approximate surface area is 58.8 Å². The number of rotatable bonds is 3. The molecule has 0 saturated heterocycles. The highest BCUT2D eigenvalue weighted by atomic mass is 16.3. The lowest BCUT2D eigenvalue weighted by Crippen LogP contribution is -2.37. The van der Waals surface area contributed by atoms with Crippen molar-refractivity contribution in [3.63, 3.8) is 0 Å². The SMILES string of the molecule is OCCC(O)[n+]1cc[nH]c1. The first-order valence-corrected chi connectivity index (χ1v) is 3.17. The van der Waals surface area contributed by atoms with Crippen molar-refractivity contribution >= 4 is 0 Å². The number of hydrogen-bond donors (Lipinski definition) is 3. The van der Waals surface area contributed by atoms with Crippen molar-refractivity contribution in [3.8, 4) is 0 Å². The maximum Gasteiger partial charge on any atom is 0.243 e. The summed E-state index contributed by atoms with van der Waals surface area (Å²) in [5.41, 5.74) is 0. The van der Waals surface area contributed by atoms with Crippen LogP contribution >= 0.6 is 0 Å². The Bertz CT molecular complexity index is 174. The van der Waals surface area contributed by atoms with Crippen LogP contribution in [0.5, 0.6) is 0 Å². The molecule has 0 aliphatic heterocycles. The number of aliphatic hydroxyl groups is 2. The molecular weight excluding hydrogens is 132 g/mol. The van der Waals surface area contributed by atoms with Gasteiger partial charge >= 0.3 is 0 Å². The number of nitrogens with zero attached hydrogens (tertiary/aromatic N) is 1. The molecule has 1 aromatic heterocycles. The summed E-state index contributed by atoms with van der Waals surface area (Å²) < 4.78 is 1.59. The van der Waals surface area contributed by atoms with Gasteiger partial charge in [-0.15, -0.1) is 0 Å². The summed E-state index contributed by atoms with van der Waals surface area (Å²) >= 11 is 0. The summed E-state index contributed by atoms with van der Waals surface area (Å²) in [6.45, 7) is -0.000648. The van der Waals surface area contributed by atoms with Gasteiger partial charge in [0.05, 0.1) is 0 Å². The predicted molar refractivity (Wildman–Crippen MR) is 33.9 cm³/mol. The molecule has 0 aliphatic rings. The zero-order valence-corrected chi connectivity index (χ0v) is 5.57. The highest BCUT2D eigenvalue weighted by molar-refractivity contribution is 4.56. The number of imidazole rings is 1. The number of H-pyrrole nitrogens is 1. The molecule has 4 heteroatoms. The number of hydrogen-bond acceptors (Lipinski definition) is 2. The van der Waals surface area contributed by atoms with Gasteiger partial charge in [0.25, 0.3) is 0 Å². The van der Waals surface area contributed by atoms with E-state index in [1.807, 2.05) is 0 Å². The molecule has 0 aromatic carbocycles. The average Bonchev–Trinajstić information content (AvgIpc) is 2.38. The summed E-state index contributed by atoms with van der Waals surface area (Å²) in [7, 11) is 0. The fourth-order valence-electron chi connectivity index (χ4n) is 0.751. The van der Waals surface area contributed by atoms with Crippen LogP contribution in [0.1, 0.15) is 12.6 Å². The van der Waals surface area contributed by atoms with Gasteiger partial charge in [0.1, 0.15) is 12.4 Å². The van der Waals surface area contributed by atoms with Crippen molar-refractivity contribution in [2.24, 2.45) is 0 Å². The minimum Gasteiger partial charge on any atom is -0.396 e.